The summed E-state index contributed by atoms with van der Waals surface area (Å²) in [5, 5.41) is 8.98. The van der Waals surface area contributed by atoms with Gasteiger partial charge < -0.3 is 9.38 Å². The van der Waals surface area contributed by atoms with E-state index in [4.69, 9.17) is 0 Å². The Kier molecular flexibility index (Phi) is 6.49. The SMILES string of the molecule is CCn1cc[n+](CC)c1N=Nc1ccc(N(C)CCC[N+]23CCN(CC2)CC3)cc1. The highest BCUT2D eigenvalue weighted by atomic mass is 15.5. The third kappa shape index (κ3) is 4.57. The number of nitrogens with zero attached hydrogens (tertiary/aromatic N) is 7. The topological polar surface area (TPSA) is 40.0 Å². The second-order valence-electron chi connectivity index (χ2n) is 8.74. The third-order valence-electron chi connectivity index (χ3n) is 6.96. The van der Waals surface area contributed by atoms with E-state index < -0.39 is 0 Å². The molecule has 0 atom stereocenters. The predicted molar refractivity (Wildman–Crippen MR) is 121 cm³/mol. The van der Waals surface area contributed by atoms with Gasteiger partial charge in [0.15, 0.2) is 0 Å². The van der Waals surface area contributed by atoms with Gasteiger partial charge in [0.25, 0.3) is 0 Å². The van der Waals surface area contributed by atoms with E-state index in [1.54, 1.807) is 0 Å². The molecular weight excluding hydrogens is 374 g/mol. The number of benzene rings is 1. The van der Waals surface area contributed by atoms with Crippen LogP contribution in [0.25, 0.3) is 0 Å². The van der Waals surface area contributed by atoms with Crippen LogP contribution >= 0.6 is 0 Å². The summed E-state index contributed by atoms with van der Waals surface area (Å²) in [5.41, 5.74) is 2.14. The Morgan fingerprint density at radius 2 is 1.73 bits per heavy atom. The van der Waals surface area contributed by atoms with Crippen LogP contribution in [0.2, 0.25) is 0 Å². The van der Waals surface area contributed by atoms with Crippen LogP contribution in [0.1, 0.15) is 20.3 Å². The fourth-order valence-electron chi connectivity index (χ4n) is 4.78. The number of quaternary nitrogens is 1. The monoisotopic (exact) mass is 411 g/mol. The van der Waals surface area contributed by atoms with Crippen LogP contribution in [0.4, 0.5) is 17.3 Å². The maximum atomic E-state index is 4.51. The molecule has 3 saturated heterocycles. The Balaban J connectivity index is 1.31. The number of hydrogen-bond donors (Lipinski definition) is 0. The van der Waals surface area contributed by atoms with E-state index >= 15 is 0 Å². The molecule has 3 fully saturated rings. The van der Waals surface area contributed by atoms with Gasteiger partial charge in [0.1, 0.15) is 5.69 Å². The van der Waals surface area contributed by atoms with Gasteiger partial charge in [0.2, 0.25) is 0 Å². The molecule has 7 heteroatoms. The van der Waals surface area contributed by atoms with Gasteiger partial charge in [0, 0.05) is 50.4 Å². The molecule has 0 radical (unpaired) electrons. The molecule has 162 valence electrons. The minimum absolute atomic E-state index is 0.892. The van der Waals surface area contributed by atoms with Crippen molar-refractivity contribution in [3.63, 3.8) is 0 Å². The molecule has 30 heavy (non-hydrogen) atoms. The number of imidazole rings is 1. The number of anilines is 1. The standard InChI is InChI=1S/C23H37N7/c1-4-28-12-13-29(5-2)23(28)25-24-21-7-9-22(10-8-21)26(3)11-6-17-30-18-14-27(15-19-30)16-20-30/h7-10,12-13H,4-6,11,14-20H2,1-3H3/q+2. The molecule has 2 bridgehead atoms. The van der Waals surface area contributed by atoms with Crippen molar-refractivity contribution >= 4 is 17.3 Å². The third-order valence-corrected chi connectivity index (χ3v) is 6.96. The van der Waals surface area contributed by atoms with Gasteiger partial charge in [-0.1, -0.05) is 5.11 Å². The first-order chi connectivity index (χ1) is 14.6. The molecule has 0 spiro atoms. The minimum atomic E-state index is 0.892. The summed E-state index contributed by atoms with van der Waals surface area (Å²) in [6.45, 7) is 16.4. The number of hydrogen-bond acceptors (Lipinski definition) is 4. The van der Waals surface area contributed by atoms with Crippen molar-refractivity contribution in [1.29, 1.82) is 0 Å². The van der Waals surface area contributed by atoms with Crippen molar-refractivity contribution in [1.82, 2.24) is 9.47 Å². The zero-order valence-corrected chi connectivity index (χ0v) is 18.9. The number of azo groups is 1. The van der Waals surface area contributed by atoms with Gasteiger partial charge in [-0.3, -0.25) is 4.90 Å². The summed E-state index contributed by atoms with van der Waals surface area (Å²) >= 11 is 0. The number of rotatable bonds is 9. The van der Waals surface area contributed by atoms with Gasteiger partial charge in [0.05, 0.1) is 51.7 Å². The highest BCUT2D eigenvalue weighted by Gasteiger charge is 2.37. The van der Waals surface area contributed by atoms with Crippen LogP contribution in [0.15, 0.2) is 46.9 Å². The van der Waals surface area contributed by atoms with E-state index in [0.29, 0.717) is 0 Å². The number of aryl methyl sites for hydroxylation is 2. The molecule has 7 nitrogen and oxygen atoms in total. The average molecular weight is 412 g/mol. The van der Waals surface area contributed by atoms with Crippen LogP contribution in [0.5, 0.6) is 0 Å². The molecule has 1 aromatic carbocycles. The van der Waals surface area contributed by atoms with E-state index in [-0.39, 0.29) is 0 Å². The summed E-state index contributed by atoms with van der Waals surface area (Å²) in [7, 11) is 2.20. The fraction of sp³-hybridized carbons (Fsp3) is 0.609. The van der Waals surface area contributed by atoms with Crippen molar-refractivity contribution in [3.05, 3.63) is 36.7 Å². The van der Waals surface area contributed by atoms with E-state index in [1.165, 1.54) is 62.4 Å². The van der Waals surface area contributed by atoms with E-state index in [0.717, 1.165) is 31.3 Å². The zero-order valence-electron chi connectivity index (χ0n) is 18.9. The lowest BCUT2D eigenvalue weighted by atomic mass is 10.1. The lowest BCUT2D eigenvalue weighted by Crippen LogP contribution is -2.67. The predicted octanol–water partition coefficient (Wildman–Crippen LogP) is 3.20. The fourth-order valence-corrected chi connectivity index (χ4v) is 4.78. The molecule has 1 aromatic heterocycles. The van der Waals surface area contributed by atoms with Crippen LogP contribution in [0, 0.1) is 0 Å². The second kappa shape index (κ2) is 9.27. The second-order valence-corrected chi connectivity index (χ2v) is 8.74. The van der Waals surface area contributed by atoms with Crippen LogP contribution < -0.4 is 9.47 Å². The quantitative estimate of drug-likeness (QED) is 0.361. The Morgan fingerprint density at radius 1 is 1.03 bits per heavy atom. The minimum Gasteiger partial charge on any atom is -0.374 e. The van der Waals surface area contributed by atoms with E-state index in [9.17, 15) is 0 Å². The highest BCUT2D eigenvalue weighted by molar-refractivity contribution is 5.52. The molecule has 3 aliphatic heterocycles. The Morgan fingerprint density at radius 3 is 2.37 bits per heavy atom. The summed E-state index contributed by atoms with van der Waals surface area (Å²) in [6, 6.07) is 8.45. The molecule has 0 N–H and O–H groups in total. The zero-order chi connectivity index (χ0) is 21.0. The molecule has 0 aliphatic carbocycles. The molecule has 3 aliphatic rings. The Hall–Kier alpha value is -2.25. The van der Waals surface area contributed by atoms with Crippen LogP contribution in [-0.2, 0) is 13.1 Å². The molecule has 0 saturated carbocycles. The largest absolute Gasteiger partial charge is 0.421 e. The molecule has 0 unspecified atom stereocenters. The summed E-state index contributed by atoms with van der Waals surface area (Å²) < 4.78 is 5.58. The highest BCUT2D eigenvalue weighted by Crippen LogP contribution is 2.23. The van der Waals surface area contributed by atoms with Crippen molar-refractivity contribution in [2.24, 2.45) is 10.2 Å². The number of aromatic nitrogens is 2. The lowest BCUT2D eigenvalue weighted by molar-refractivity contribution is -0.941. The maximum Gasteiger partial charge on any atom is 0.421 e. The van der Waals surface area contributed by atoms with Crippen molar-refractivity contribution in [3.8, 4) is 0 Å². The Bertz CT molecular complexity index is 812. The number of piperazine rings is 3. The van der Waals surface area contributed by atoms with Crippen LogP contribution in [-0.4, -0.2) is 73.4 Å². The molecule has 4 heterocycles. The number of fused-ring (bicyclic) bond motifs is 3. The lowest BCUT2D eigenvalue weighted by Gasteiger charge is -2.50. The van der Waals surface area contributed by atoms with Crippen molar-refractivity contribution < 1.29 is 9.05 Å². The molecule has 0 amide bonds. The van der Waals surface area contributed by atoms with Crippen LogP contribution in [0.3, 0.4) is 0 Å². The molecule has 2 aromatic rings. The van der Waals surface area contributed by atoms with Gasteiger partial charge in [-0.2, -0.15) is 0 Å². The summed E-state index contributed by atoms with van der Waals surface area (Å²) in [5.74, 6) is 0.896. The first kappa shape index (κ1) is 21.0. The normalized spacial score (nSPS) is 23.4. The van der Waals surface area contributed by atoms with E-state index in [2.05, 4.69) is 86.7 Å². The maximum absolute atomic E-state index is 4.51. The summed E-state index contributed by atoms with van der Waals surface area (Å²) in [4.78, 5) is 4.99. The van der Waals surface area contributed by atoms with Gasteiger partial charge in [-0.15, -0.1) is 0 Å². The van der Waals surface area contributed by atoms with Crippen molar-refractivity contribution in [2.75, 3.05) is 64.3 Å². The Labute approximate surface area is 180 Å². The van der Waals surface area contributed by atoms with Gasteiger partial charge >= 0.3 is 5.95 Å². The molecular formula is C23H37N7+2. The smallest absolute Gasteiger partial charge is 0.374 e. The van der Waals surface area contributed by atoms with Crippen molar-refractivity contribution in [2.45, 2.75) is 33.4 Å². The first-order valence-corrected chi connectivity index (χ1v) is 11.5. The van der Waals surface area contributed by atoms with E-state index in [1.807, 2.05) is 0 Å². The van der Waals surface area contributed by atoms with Gasteiger partial charge in [-0.05, 0) is 38.1 Å². The first-order valence-electron chi connectivity index (χ1n) is 11.5. The average Bonchev–Trinajstić information content (AvgIpc) is 3.21. The molecule has 5 rings (SSSR count). The summed E-state index contributed by atoms with van der Waals surface area (Å²) in [6.07, 6.45) is 5.37. The van der Waals surface area contributed by atoms with Gasteiger partial charge in [-0.25, -0.2) is 9.13 Å².